The molecule has 2 aromatic rings. The lowest BCUT2D eigenvalue weighted by molar-refractivity contribution is 0.568. The van der Waals surface area contributed by atoms with Crippen molar-refractivity contribution in [1.29, 1.82) is 0 Å². The van der Waals surface area contributed by atoms with Gasteiger partial charge in [0, 0.05) is 24.7 Å². The smallest absolute Gasteiger partial charge is 0.227 e. The summed E-state index contributed by atoms with van der Waals surface area (Å²) in [6.07, 6.45) is 3.57. The summed E-state index contributed by atoms with van der Waals surface area (Å²) in [4.78, 5) is 11.0. The number of nitrogen functional groups attached to an aromatic ring is 1. The molecule has 0 bridgehead atoms. The second-order valence-corrected chi connectivity index (χ2v) is 5.03. The van der Waals surface area contributed by atoms with E-state index in [-0.39, 0.29) is 5.82 Å². The van der Waals surface area contributed by atoms with E-state index in [1.54, 1.807) is 18.2 Å². The molecule has 1 fully saturated rings. The maximum Gasteiger partial charge on any atom is 0.227 e. The summed E-state index contributed by atoms with van der Waals surface area (Å²) >= 11 is 0. The summed E-state index contributed by atoms with van der Waals surface area (Å²) < 4.78 is 13.0. The molecule has 2 N–H and O–H groups in total. The third-order valence-corrected chi connectivity index (χ3v) is 3.51. The van der Waals surface area contributed by atoms with Gasteiger partial charge in [-0.3, -0.25) is 0 Å². The summed E-state index contributed by atoms with van der Waals surface area (Å²) in [5, 5.41) is 0. The molecule has 104 valence electrons. The fourth-order valence-electron chi connectivity index (χ4n) is 2.46. The van der Waals surface area contributed by atoms with Gasteiger partial charge in [-0.05, 0) is 43.5 Å². The van der Waals surface area contributed by atoms with E-state index in [1.165, 1.54) is 18.6 Å². The van der Waals surface area contributed by atoms with Crippen molar-refractivity contribution in [3.63, 3.8) is 0 Å². The number of rotatable bonds is 2. The Kier molecular flexibility index (Phi) is 3.50. The molecule has 1 aromatic carbocycles. The van der Waals surface area contributed by atoms with Crippen molar-refractivity contribution in [2.45, 2.75) is 19.3 Å². The van der Waals surface area contributed by atoms with Crippen LogP contribution < -0.4 is 10.6 Å². The summed E-state index contributed by atoms with van der Waals surface area (Å²) in [6.45, 7) is 1.93. The zero-order valence-electron chi connectivity index (χ0n) is 11.2. The van der Waals surface area contributed by atoms with Gasteiger partial charge in [0.25, 0.3) is 0 Å². The number of benzene rings is 1. The van der Waals surface area contributed by atoms with Gasteiger partial charge in [-0.15, -0.1) is 0 Å². The van der Waals surface area contributed by atoms with Crippen LogP contribution in [0.25, 0.3) is 11.3 Å². The molecular weight excluding hydrogens is 255 g/mol. The van der Waals surface area contributed by atoms with Gasteiger partial charge >= 0.3 is 0 Å². The van der Waals surface area contributed by atoms with E-state index in [0.717, 1.165) is 37.2 Å². The Labute approximate surface area is 117 Å². The number of piperidine rings is 1. The summed E-state index contributed by atoms with van der Waals surface area (Å²) in [5.74, 6) is 0.857. The Morgan fingerprint density at radius 2 is 1.70 bits per heavy atom. The van der Waals surface area contributed by atoms with Crippen LogP contribution in [0.5, 0.6) is 0 Å². The zero-order chi connectivity index (χ0) is 13.9. The van der Waals surface area contributed by atoms with Crippen LogP contribution in [0.1, 0.15) is 19.3 Å². The lowest BCUT2D eigenvalue weighted by atomic mass is 10.1. The van der Waals surface area contributed by atoms with Gasteiger partial charge in [0.15, 0.2) is 0 Å². The van der Waals surface area contributed by atoms with E-state index in [2.05, 4.69) is 14.9 Å². The van der Waals surface area contributed by atoms with E-state index < -0.39 is 0 Å². The lowest BCUT2D eigenvalue weighted by Gasteiger charge is -2.27. The molecule has 1 aromatic heterocycles. The van der Waals surface area contributed by atoms with Crippen LogP contribution in [0.4, 0.5) is 16.2 Å². The average Bonchev–Trinajstić information content (AvgIpc) is 2.48. The van der Waals surface area contributed by atoms with Gasteiger partial charge in [-0.2, -0.15) is 4.98 Å². The number of hydrogen-bond acceptors (Lipinski definition) is 4. The normalized spacial score (nSPS) is 15.3. The van der Waals surface area contributed by atoms with Gasteiger partial charge in [-0.25, -0.2) is 9.37 Å². The highest BCUT2D eigenvalue weighted by molar-refractivity contribution is 5.63. The molecule has 20 heavy (non-hydrogen) atoms. The first kappa shape index (κ1) is 12.8. The van der Waals surface area contributed by atoms with Gasteiger partial charge in [0.2, 0.25) is 5.95 Å². The molecule has 1 saturated heterocycles. The third kappa shape index (κ3) is 2.71. The van der Waals surface area contributed by atoms with Gasteiger partial charge in [-0.1, -0.05) is 0 Å². The van der Waals surface area contributed by atoms with E-state index in [4.69, 9.17) is 5.73 Å². The molecule has 0 spiro atoms. The van der Waals surface area contributed by atoms with Crippen LogP contribution in [-0.4, -0.2) is 23.1 Å². The molecule has 5 heteroatoms. The summed E-state index contributed by atoms with van der Waals surface area (Å²) in [5.41, 5.74) is 7.46. The Morgan fingerprint density at radius 3 is 2.40 bits per heavy atom. The second kappa shape index (κ2) is 5.45. The molecule has 0 aliphatic carbocycles. The second-order valence-electron chi connectivity index (χ2n) is 5.03. The van der Waals surface area contributed by atoms with E-state index in [1.807, 2.05) is 0 Å². The maximum atomic E-state index is 13.0. The van der Waals surface area contributed by atoms with Crippen LogP contribution in [0.2, 0.25) is 0 Å². The minimum atomic E-state index is -0.257. The van der Waals surface area contributed by atoms with Crippen molar-refractivity contribution in [3.8, 4) is 11.3 Å². The first-order chi connectivity index (χ1) is 9.72. The zero-order valence-corrected chi connectivity index (χ0v) is 11.2. The first-order valence-electron chi connectivity index (χ1n) is 6.88. The SMILES string of the molecule is Nc1cc(-c2ccc(F)cc2)nc(N2CCCCC2)n1. The fourth-order valence-corrected chi connectivity index (χ4v) is 2.46. The monoisotopic (exact) mass is 272 g/mol. The van der Waals surface area contributed by atoms with E-state index >= 15 is 0 Å². The minimum Gasteiger partial charge on any atom is -0.384 e. The van der Waals surface area contributed by atoms with E-state index in [0.29, 0.717) is 11.8 Å². The third-order valence-electron chi connectivity index (χ3n) is 3.51. The fraction of sp³-hybridized carbons (Fsp3) is 0.333. The van der Waals surface area contributed by atoms with E-state index in [9.17, 15) is 4.39 Å². The highest BCUT2D eigenvalue weighted by atomic mass is 19.1. The van der Waals surface area contributed by atoms with Crippen LogP contribution in [0.15, 0.2) is 30.3 Å². The van der Waals surface area contributed by atoms with Crippen molar-refractivity contribution in [1.82, 2.24) is 9.97 Å². The molecule has 0 radical (unpaired) electrons. The highest BCUT2D eigenvalue weighted by Crippen LogP contribution is 2.23. The van der Waals surface area contributed by atoms with Crippen LogP contribution in [-0.2, 0) is 0 Å². The van der Waals surface area contributed by atoms with Gasteiger partial charge < -0.3 is 10.6 Å². The number of nitrogens with zero attached hydrogens (tertiary/aromatic N) is 3. The molecular formula is C15H17FN4. The molecule has 1 aliphatic rings. The number of nitrogens with two attached hydrogens (primary N) is 1. The van der Waals surface area contributed by atoms with Gasteiger partial charge in [0.05, 0.1) is 5.69 Å². The molecule has 2 heterocycles. The maximum absolute atomic E-state index is 13.0. The first-order valence-corrected chi connectivity index (χ1v) is 6.88. The minimum absolute atomic E-state index is 0.257. The lowest BCUT2D eigenvalue weighted by Crippen LogP contribution is -2.31. The number of anilines is 2. The van der Waals surface area contributed by atoms with Crippen LogP contribution in [0, 0.1) is 5.82 Å². The Balaban J connectivity index is 1.95. The summed E-state index contributed by atoms with van der Waals surface area (Å²) in [6, 6.07) is 7.98. The topological polar surface area (TPSA) is 55.0 Å². The van der Waals surface area contributed by atoms with Crippen molar-refractivity contribution >= 4 is 11.8 Å². The molecule has 4 nitrogen and oxygen atoms in total. The Bertz CT molecular complexity index is 591. The molecule has 1 aliphatic heterocycles. The average molecular weight is 272 g/mol. The molecule has 0 amide bonds. The summed E-state index contributed by atoms with van der Waals surface area (Å²) in [7, 11) is 0. The predicted octanol–water partition coefficient (Wildman–Crippen LogP) is 2.86. The quantitative estimate of drug-likeness (QED) is 0.913. The van der Waals surface area contributed by atoms with Crippen molar-refractivity contribution in [2.24, 2.45) is 0 Å². The van der Waals surface area contributed by atoms with Crippen LogP contribution >= 0.6 is 0 Å². The van der Waals surface area contributed by atoms with Gasteiger partial charge in [0.1, 0.15) is 11.6 Å². The number of aromatic nitrogens is 2. The number of hydrogen-bond donors (Lipinski definition) is 1. The van der Waals surface area contributed by atoms with Crippen molar-refractivity contribution < 1.29 is 4.39 Å². The molecule has 0 atom stereocenters. The highest BCUT2D eigenvalue weighted by Gasteiger charge is 2.15. The Hall–Kier alpha value is -2.17. The largest absolute Gasteiger partial charge is 0.384 e. The standard InChI is InChI=1S/C15H17FN4/c16-12-6-4-11(5-7-12)13-10-14(17)19-15(18-13)20-8-2-1-3-9-20/h4-7,10H,1-3,8-9H2,(H2,17,18,19). The Morgan fingerprint density at radius 1 is 1.00 bits per heavy atom. The molecule has 0 saturated carbocycles. The number of halogens is 1. The van der Waals surface area contributed by atoms with Crippen LogP contribution in [0.3, 0.4) is 0 Å². The predicted molar refractivity (Wildman–Crippen MR) is 77.9 cm³/mol. The molecule has 0 unspecified atom stereocenters. The van der Waals surface area contributed by atoms with Crippen molar-refractivity contribution in [2.75, 3.05) is 23.7 Å². The van der Waals surface area contributed by atoms with Crippen molar-refractivity contribution in [3.05, 3.63) is 36.1 Å². The molecule has 3 rings (SSSR count).